The van der Waals surface area contributed by atoms with Crippen molar-refractivity contribution in [1.82, 2.24) is 9.21 Å². The Morgan fingerprint density at radius 3 is 1.83 bits per heavy atom. The van der Waals surface area contributed by atoms with E-state index in [0.717, 1.165) is 16.7 Å². The highest BCUT2D eigenvalue weighted by Gasteiger charge is 2.34. The molecule has 1 heterocycles. The van der Waals surface area contributed by atoms with Gasteiger partial charge in [-0.1, -0.05) is 38.5 Å². The van der Waals surface area contributed by atoms with Gasteiger partial charge < -0.3 is 4.90 Å². The Balaban J connectivity index is 2.21. The van der Waals surface area contributed by atoms with E-state index in [-0.39, 0.29) is 5.91 Å². The third kappa shape index (κ3) is 3.64. The average Bonchev–Trinajstić information content (AvgIpc) is 2.44. The summed E-state index contributed by atoms with van der Waals surface area (Å²) in [5.41, 5.74) is 2.18. The Hall–Kier alpha value is -1.40. The van der Waals surface area contributed by atoms with E-state index in [9.17, 15) is 13.2 Å². The summed E-state index contributed by atoms with van der Waals surface area (Å²) in [6.45, 7) is 12.9. The molecule has 0 N–H and O–H groups in total. The molecule has 1 aromatic carbocycles. The van der Waals surface area contributed by atoms with Crippen molar-refractivity contribution >= 4 is 15.9 Å². The zero-order valence-electron chi connectivity index (χ0n) is 15.5. The number of carbonyl (C=O) groups excluding carboxylic acids is 1. The van der Waals surface area contributed by atoms with Gasteiger partial charge in [0.25, 0.3) is 0 Å². The number of piperazine rings is 1. The molecule has 6 heteroatoms. The summed E-state index contributed by atoms with van der Waals surface area (Å²) >= 11 is 0. The van der Waals surface area contributed by atoms with Crippen LogP contribution in [0.5, 0.6) is 0 Å². The second-order valence-corrected chi connectivity index (χ2v) is 9.55. The van der Waals surface area contributed by atoms with Crippen molar-refractivity contribution < 1.29 is 13.2 Å². The smallest absolute Gasteiger partial charge is 0.243 e. The van der Waals surface area contributed by atoms with E-state index in [1.807, 2.05) is 53.7 Å². The molecule has 0 unspecified atom stereocenters. The first-order valence-electron chi connectivity index (χ1n) is 8.32. The molecular weight excluding hydrogens is 324 g/mol. The normalized spacial score (nSPS) is 17.2. The van der Waals surface area contributed by atoms with Gasteiger partial charge in [0.05, 0.1) is 4.90 Å². The Kier molecular flexibility index (Phi) is 5.11. The van der Waals surface area contributed by atoms with Crippen LogP contribution >= 0.6 is 0 Å². The summed E-state index contributed by atoms with van der Waals surface area (Å²) in [6, 6.07) is 3.80. The minimum Gasteiger partial charge on any atom is -0.340 e. The Bertz CT molecular complexity index is 717. The Morgan fingerprint density at radius 2 is 1.42 bits per heavy atom. The maximum absolute atomic E-state index is 13.0. The number of hydrogen-bond acceptors (Lipinski definition) is 3. The highest BCUT2D eigenvalue weighted by atomic mass is 32.2. The molecule has 5 nitrogen and oxygen atoms in total. The van der Waals surface area contributed by atoms with Crippen LogP contribution < -0.4 is 0 Å². The van der Waals surface area contributed by atoms with Crippen LogP contribution in [0.3, 0.4) is 0 Å². The molecule has 0 radical (unpaired) electrons. The highest BCUT2D eigenvalue weighted by Crippen LogP contribution is 2.27. The number of aryl methyl sites for hydroxylation is 3. The molecule has 2 rings (SSSR count). The van der Waals surface area contributed by atoms with Crippen LogP contribution in [0.25, 0.3) is 0 Å². The van der Waals surface area contributed by atoms with Gasteiger partial charge in [0, 0.05) is 31.6 Å². The Labute approximate surface area is 145 Å². The first kappa shape index (κ1) is 18.9. The van der Waals surface area contributed by atoms with Crippen molar-refractivity contribution in [2.24, 2.45) is 5.41 Å². The van der Waals surface area contributed by atoms with Crippen molar-refractivity contribution in [2.75, 3.05) is 26.2 Å². The van der Waals surface area contributed by atoms with E-state index in [4.69, 9.17) is 0 Å². The zero-order valence-corrected chi connectivity index (χ0v) is 16.3. The minimum absolute atomic E-state index is 0.0715. The molecule has 0 saturated carbocycles. The molecule has 1 aliphatic heterocycles. The van der Waals surface area contributed by atoms with Gasteiger partial charge in [-0.2, -0.15) is 4.31 Å². The lowest BCUT2D eigenvalue weighted by Gasteiger charge is -2.37. The molecule has 0 bridgehead atoms. The van der Waals surface area contributed by atoms with E-state index in [0.29, 0.717) is 31.1 Å². The zero-order chi connectivity index (χ0) is 18.3. The van der Waals surface area contributed by atoms with Crippen LogP contribution in [0.1, 0.15) is 37.5 Å². The molecular formula is C18H28N2O3S. The van der Waals surface area contributed by atoms with Crippen molar-refractivity contribution in [1.29, 1.82) is 0 Å². The molecule has 1 aliphatic rings. The summed E-state index contributed by atoms with van der Waals surface area (Å²) in [7, 11) is -3.53. The first-order valence-corrected chi connectivity index (χ1v) is 9.76. The van der Waals surface area contributed by atoms with Gasteiger partial charge in [0.15, 0.2) is 0 Å². The fourth-order valence-corrected chi connectivity index (χ4v) is 5.14. The van der Waals surface area contributed by atoms with Crippen LogP contribution in [0.4, 0.5) is 0 Å². The molecule has 0 atom stereocenters. The standard InChI is InChI=1S/C18H28N2O3S/c1-13-11-14(2)16(15(3)12-13)24(22,23)20-9-7-19(8-10-20)17(21)18(4,5)6/h11-12H,7-10H2,1-6H3. The average molecular weight is 353 g/mol. The van der Waals surface area contributed by atoms with E-state index in [1.165, 1.54) is 4.31 Å². The number of nitrogens with zero attached hydrogens (tertiary/aromatic N) is 2. The number of hydrogen-bond donors (Lipinski definition) is 0. The molecule has 134 valence electrons. The third-order valence-corrected chi connectivity index (χ3v) is 6.57. The van der Waals surface area contributed by atoms with Gasteiger partial charge in [0.2, 0.25) is 15.9 Å². The van der Waals surface area contributed by atoms with Crippen molar-refractivity contribution in [3.63, 3.8) is 0 Å². The van der Waals surface area contributed by atoms with Gasteiger partial charge in [-0.25, -0.2) is 8.42 Å². The fraction of sp³-hybridized carbons (Fsp3) is 0.611. The topological polar surface area (TPSA) is 57.7 Å². The van der Waals surface area contributed by atoms with Gasteiger partial charge in [0.1, 0.15) is 0 Å². The second-order valence-electron chi connectivity index (χ2n) is 7.67. The fourth-order valence-electron chi connectivity index (χ4n) is 3.31. The quantitative estimate of drug-likeness (QED) is 0.822. The molecule has 1 fully saturated rings. The van der Waals surface area contributed by atoms with Crippen molar-refractivity contribution in [3.05, 3.63) is 28.8 Å². The molecule has 24 heavy (non-hydrogen) atoms. The second kappa shape index (κ2) is 6.48. The molecule has 0 aliphatic carbocycles. The number of sulfonamides is 1. The van der Waals surface area contributed by atoms with Crippen LogP contribution in [0.2, 0.25) is 0 Å². The predicted molar refractivity (Wildman–Crippen MR) is 95.4 cm³/mol. The predicted octanol–water partition coefficient (Wildman–Crippen LogP) is 2.49. The third-order valence-electron chi connectivity index (χ3n) is 4.37. The Morgan fingerprint density at radius 1 is 0.958 bits per heavy atom. The van der Waals surface area contributed by atoms with Crippen LogP contribution in [0.15, 0.2) is 17.0 Å². The number of rotatable bonds is 2. The number of benzene rings is 1. The van der Waals surface area contributed by atoms with Crippen molar-refractivity contribution in [3.8, 4) is 0 Å². The molecule has 1 saturated heterocycles. The minimum atomic E-state index is -3.53. The van der Waals surface area contributed by atoms with Crippen molar-refractivity contribution in [2.45, 2.75) is 46.4 Å². The summed E-state index contributed by atoms with van der Waals surface area (Å²) in [5.74, 6) is 0.0715. The lowest BCUT2D eigenvalue weighted by atomic mass is 9.94. The van der Waals surface area contributed by atoms with E-state index in [2.05, 4.69) is 0 Å². The maximum atomic E-state index is 13.0. The lowest BCUT2D eigenvalue weighted by molar-refractivity contribution is -0.140. The SMILES string of the molecule is Cc1cc(C)c(S(=O)(=O)N2CCN(C(=O)C(C)(C)C)CC2)c(C)c1. The molecule has 0 spiro atoms. The van der Waals surface area contributed by atoms with Crippen LogP contribution in [0, 0.1) is 26.2 Å². The van der Waals surface area contributed by atoms with E-state index >= 15 is 0 Å². The van der Waals surface area contributed by atoms with E-state index in [1.54, 1.807) is 4.90 Å². The largest absolute Gasteiger partial charge is 0.340 e. The summed E-state index contributed by atoms with van der Waals surface area (Å²) < 4.78 is 27.6. The lowest BCUT2D eigenvalue weighted by Crippen LogP contribution is -2.53. The van der Waals surface area contributed by atoms with Crippen LogP contribution in [-0.4, -0.2) is 49.7 Å². The van der Waals surface area contributed by atoms with Gasteiger partial charge >= 0.3 is 0 Å². The first-order chi connectivity index (χ1) is 10.9. The highest BCUT2D eigenvalue weighted by molar-refractivity contribution is 7.89. The molecule has 1 amide bonds. The van der Waals surface area contributed by atoms with Crippen LogP contribution in [-0.2, 0) is 14.8 Å². The summed E-state index contributed by atoms with van der Waals surface area (Å²) in [4.78, 5) is 14.5. The number of carbonyl (C=O) groups is 1. The van der Waals surface area contributed by atoms with Gasteiger partial charge in [-0.3, -0.25) is 4.79 Å². The molecule has 1 aromatic rings. The molecule has 0 aromatic heterocycles. The number of amides is 1. The van der Waals surface area contributed by atoms with Gasteiger partial charge in [-0.15, -0.1) is 0 Å². The summed E-state index contributed by atoms with van der Waals surface area (Å²) in [5, 5.41) is 0. The maximum Gasteiger partial charge on any atom is 0.243 e. The van der Waals surface area contributed by atoms with Gasteiger partial charge in [-0.05, 0) is 31.9 Å². The van der Waals surface area contributed by atoms with E-state index < -0.39 is 15.4 Å². The monoisotopic (exact) mass is 352 g/mol. The summed E-state index contributed by atoms with van der Waals surface area (Å²) in [6.07, 6.45) is 0.